The summed E-state index contributed by atoms with van der Waals surface area (Å²) in [6.45, 7) is 7.12. The van der Waals surface area contributed by atoms with Gasteiger partial charge in [-0.2, -0.15) is 0 Å². The molecule has 100 valence electrons. The predicted molar refractivity (Wildman–Crippen MR) is 77.3 cm³/mol. The van der Waals surface area contributed by atoms with E-state index in [0.29, 0.717) is 0 Å². The summed E-state index contributed by atoms with van der Waals surface area (Å²) in [7, 11) is 0. The molecule has 0 aliphatic heterocycles. The summed E-state index contributed by atoms with van der Waals surface area (Å²) in [5, 5.41) is 0.171. The van der Waals surface area contributed by atoms with Gasteiger partial charge in [0.25, 0.3) is 0 Å². The van der Waals surface area contributed by atoms with E-state index in [4.69, 9.17) is 29.8 Å². The molecule has 0 heterocycles. The summed E-state index contributed by atoms with van der Waals surface area (Å²) in [6, 6.07) is 8.35. The monoisotopic (exact) mass is 309 g/mol. The number of hydrogen-bond donors (Lipinski definition) is 0. The Balaban J connectivity index is 2.55. The van der Waals surface area contributed by atoms with Gasteiger partial charge in [-0.25, -0.2) is 13.6 Å². The van der Waals surface area contributed by atoms with Crippen molar-refractivity contribution in [3.63, 3.8) is 0 Å². The quantitative estimate of drug-likeness (QED) is 0.496. The van der Waals surface area contributed by atoms with Crippen LogP contribution in [0, 0.1) is 18.2 Å². The second-order valence-electron chi connectivity index (χ2n) is 3.91. The summed E-state index contributed by atoms with van der Waals surface area (Å²) in [6.07, 6.45) is 1.25. The van der Waals surface area contributed by atoms with Crippen molar-refractivity contribution in [2.75, 3.05) is 0 Å². The van der Waals surface area contributed by atoms with E-state index in [1.165, 1.54) is 30.3 Å². The molecule has 0 aliphatic carbocycles. The Kier molecular flexibility index (Phi) is 4.39. The van der Waals surface area contributed by atoms with Crippen LogP contribution in [0.1, 0.15) is 11.1 Å². The summed E-state index contributed by atoms with van der Waals surface area (Å²) < 4.78 is 27.6. The van der Waals surface area contributed by atoms with Crippen molar-refractivity contribution >= 4 is 35.0 Å². The van der Waals surface area contributed by atoms with Crippen LogP contribution in [0.5, 0.6) is 0 Å². The Hall–Kier alpha value is -1.89. The molecule has 2 aromatic rings. The highest BCUT2D eigenvalue weighted by Gasteiger charge is 2.11. The summed E-state index contributed by atoms with van der Waals surface area (Å²) in [5.74, 6) is -1.29. The van der Waals surface area contributed by atoms with Crippen LogP contribution in [0.4, 0.5) is 8.78 Å². The number of hydrogen-bond acceptors (Lipinski definition) is 0. The van der Waals surface area contributed by atoms with Crippen molar-refractivity contribution in [2.24, 2.45) is 0 Å². The SMILES string of the molecule is [C-]#[N+]/C(=C\c1cccc(Cl)c1F)c1ccc(Cl)cc1F. The Bertz CT molecular complexity index is 733. The molecule has 2 aromatic carbocycles. The summed E-state index contributed by atoms with van der Waals surface area (Å²) >= 11 is 11.3. The lowest BCUT2D eigenvalue weighted by molar-refractivity contribution is 0.623. The molecule has 0 saturated carbocycles. The van der Waals surface area contributed by atoms with Crippen LogP contribution in [0.25, 0.3) is 16.6 Å². The van der Waals surface area contributed by atoms with Gasteiger partial charge >= 0.3 is 0 Å². The van der Waals surface area contributed by atoms with E-state index >= 15 is 0 Å². The van der Waals surface area contributed by atoms with Gasteiger partial charge in [0.2, 0.25) is 0 Å². The lowest BCUT2D eigenvalue weighted by Crippen LogP contribution is -1.89. The zero-order valence-corrected chi connectivity index (χ0v) is 11.5. The van der Waals surface area contributed by atoms with E-state index in [1.54, 1.807) is 6.07 Å². The highest BCUT2D eigenvalue weighted by atomic mass is 35.5. The van der Waals surface area contributed by atoms with E-state index in [2.05, 4.69) is 4.85 Å². The second-order valence-corrected chi connectivity index (χ2v) is 4.75. The summed E-state index contributed by atoms with van der Waals surface area (Å²) in [4.78, 5) is 3.23. The van der Waals surface area contributed by atoms with E-state index in [9.17, 15) is 8.78 Å². The zero-order valence-electron chi connectivity index (χ0n) is 10.0. The minimum Gasteiger partial charge on any atom is -0.237 e. The predicted octanol–water partition coefficient (Wildman–Crippen LogP) is 5.69. The standard InChI is InChI=1S/C15H7Cl2F2N/c1-20-14(11-6-5-10(16)8-13(11)18)7-9-3-2-4-12(17)15(9)19/h2-8H/b14-7-. The van der Waals surface area contributed by atoms with E-state index in [1.807, 2.05) is 0 Å². The molecule has 0 amide bonds. The van der Waals surface area contributed by atoms with Gasteiger partial charge in [-0.15, -0.1) is 0 Å². The van der Waals surface area contributed by atoms with Crippen LogP contribution in [0.2, 0.25) is 10.0 Å². The smallest absolute Gasteiger partial charge is 0.197 e. The molecule has 0 saturated heterocycles. The zero-order chi connectivity index (χ0) is 14.7. The van der Waals surface area contributed by atoms with Gasteiger partial charge in [0.15, 0.2) is 5.70 Å². The lowest BCUT2D eigenvalue weighted by Gasteiger charge is -2.04. The average molecular weight is 310 g/mol. The molecular weight excluding hydrogens is 303 g/mol. The molecule has 0 radical (unpaired) electrons. The van der Waals surface area contributed by atoms with Crippen molar-refractivity contribution in [2.45, 2.75) is 0 Å². The van der Waals surface area contributed by atoms with Crippen molar-refractivity contribution < 1.29 is 8.78 Å². The molecule has 0 aromatic heterocycles. The van der Waals surface area contributed by atoms with Crippen LogP contribution >= 0.6 is 23.2 Å². The first-order valence-corrected chi connectivity index (χ1v) is 6.27. The average Bonchev–Trinajstić information content (AvgIpc) is 2.41. The topological polar surface area (TPSA) is 4.36 Å². The molecule has 0 spiro atoms. The molecule has 0 bridgehead atoms. The summed E-state index contributed by atoms with van der Waals surface area (Å²) in [5.41, 5.74) is 0.155. The van der Waals surface area contributed by atoms with Crippen molar-refractivity contribution in [1.29, 1.82) is 0 Å². The van der Waals surface area contributed by atoms with E-state index in [0.717, 1.165) is 6.07 Å². The third-order valence-corrected chi connectivity index (χ3v) is 3.13. The van der Waals surface area contributed by atoms with Crippen molar-refractivity contribution in [3.05, 3.63) is 80.6 Å². The first kappa shape index (κ1) is 14.5. The minimum absolute atomic E-state index is 0.0275. The van der Waals surface area contributed by atoms with Crippen LogP contribution < -0.4 is 0 Å². The third kappa shape index (κ3) is 2.98. The minimum atomic E-state index is -0.648. The highest BCUT2D eigenvalue weighted by Crippen LogP contribution is 2.27. The number of benzene rings is 2. The van der Waals surface area contributed by atoms with Crippen molar-refractivity contribution in [1.82, 2.24) is 0 Å². The van der Waals surface area contributed by atoms with Crippen LogP contribution in [-0.2, 0) is 0 Å². The Morgan fingerprint density at radius 2 is 1.90 bits per heavy atom. The Morgan fingerprint density at radius 3 is 2.55 bits per heavy atom. The Labute approximate surface area is 124 Å². The molecular formula is C15H7Cl2F2N. The van der Waals surface area contributed by atoms with Crippen LogP contribution in [0.3, 0.4) is 0 Å². The van der Waals surface area contributed by atoms with Crippen LogP contribution in [-0.4, -0.2) is 0 Å². The van der Waals surface area contributed by atoms with Gasteiger partial charge in [-0.3, -0.25) is 0 Å². The van der Waals surface area contributed by atoms with Gasteiger partial charge in [0, 0.05) is 16.1 Å². The molecule has 0 fully saturated rings. The van der Waals surface area contributed by atoms with E-state index in [-0.39, 0.29) is 26.9 Å². The van der Waals surface area contributed by atoms with Gasteiger partial charge in [0.1, 0.15) is 11.6 Å². The lowest BCUT2D eigenvalue weighted by atomic mass is 10.1. The van der Waals surface area contributed by atoms with Gasteiger partial charge in [0.05, 0.1) is 11.6 Å². The maximum Gasteiger partial charge on any atom is 0.197 e. The normalized spacial score (nSPS) is 11.2. The maximum atomic E-state index is 13.8. The number of rotatable bonds is 2. The largest absolute Gasteiger partial charge is 0.237 e. The molecule has 20 heavy (non-hydrogen) atoms. The molecule has 0 unspecified atom stereocenters. The number of halogens is 4. The fourth-order valence-electron chi connectivity index (χ4n) is 1.65. The second kappa shape index (κ2) is 6.04. The van der Waals surface area contributed by atoms with Crippen LogP contribution in [0.15, 0.2) is 36.4 Å². The maximum absolute atomic E-state index is 13.8. The highest BCUT2D eigenvalue weighted by molar-refractivity contribution is 6.31. The molecule has 0 N–H and O–H groups in total. The Morgan fingerprint density at radius 1 is 1.15 bits per heavy atom. The molecule has 0 atom stereocenters. The van der Waals surface area contributed by atoms with Crippen molar-refractivity contribution in [3.8, 4) is 0 Å². The first-order chi connectivity index (χ1) is 9.52. The van der Waals surface area contributed by atoms with Gasteiger partial charge in [-0.05, 0) is 24.3 Å². The first-order valence-electron chi connectivity index (χ1n) is 5.51. The molecule has 0 aliphatic rings. The molecule has 2 rings (SSSR count). The number of nitrogens with zero attached hydrogens (tertiary/aromatic N) is 1. The third-order valence-electron chi connectivity index (χ3n) is 2.60. The fourth-order valence-corrected chi connectivity index (χ4v) is 1.99. The fraction of sp³-hybridized carbons (Fsp3) is 0. The molecule has 1 nitrogen and oxygen atoms in total. The van der Waals surface area contributed by atoms with Gasteiger partial charge < -0.3 is 0 Å². The molecule has 5 heteroatoms. The van der Waals surface area contributed by atoms with Gasteiger partial charge in [-0.1, -0.05) is 41.4 Å². The van der Waals surface area contributed by atoms with E-state index < -0.39 is 11.6 Å².